The number of rotatable bonds is 6. The van der Waals surface area contributed by atoms with Crippen molar-refractivity contribution in [2.45, 2.75) is 13.2 Å². The van der Waals surface area contributed by atoms with Crippen LogP contribution in [0.15, 0.2) is 83.8 Å². The predicted octanol–water partition coefficient (Wildman–Crippen LogP) is 7.04. The molecule has 37 heavy (non-hydrogen) atoms. The van der Waals surface area contributed by atoms with E-state index in [4.69, 9.17) is 25.8 Å². The summed E-state index contributed by atoms with van der Waals surface area (Å²) in [5, 5.41) is 2.40. The quantitative estimate of drug-likeness (QED) is 0.250. The highest BCUT2D eigenvalue weighted by molar-refractivity contribution is 8.18. The van der Waals surface area contributed by atoms with E-state index in [1.165, 1.54) is 15.7 Å². The lowest BCUT2D eigenvalue weighted by Crippen LogP contribution is -2.27. The summed E-state index contributed by atoms with van der Waals surface area (Å²) in [6, 6.07) is 25.2. The smallest absolute Gasteiger partial charge is 0.293 e. The Kier molecular flexibility index (Phi) is 6.24. The summed E-state index contributed by atoms with van der Waals surface area (Å²) >= 11 is 7.25. The second-order valence-electron chi connectivity index (χ2n) is 8.56. The van der Waals surface area contributed by atoms with E-state index in [2.05, 4.69) is 24.3 Å². The van der Waals surface area contributed by atoms with Gasteiger partial charge in [-0.25, -0.2) is 0 Å². The molecular weight excluding hydrogens is 510 g/mol. The van der Waals surface area contributed by atoms with Crippen molar-refractivity contribution in [3.8, 4) is 17.2 Å². The summed E-state index contributed by atoms with van der Waals surface area (Å²) in [5.74, 6) is 1.45. The van der Waals surface area contributed by atoms with Crippen molar-refractivity contribution in [1.82, 2.24) is 4.90 Å². The Hall–Kier alpha value is -3.94. The first kappa shape index (κ1) is 23.5. The number of thioether (sulfide) groups is 1. The fourth-order valence-electron chi connectivity index (χ4n) is 4.28. The van der Waals surface area contributed by atoms with Gasteiger partial charge in [-0.15, -0.1) is 0 Å². The first-order chi connectivity index (χ1) is 18.0. The van der Waals surface area contributed by atoms with Crippen LogP contribution in [-0.2, 0) is 17.9 Å². The Labute approximate surface area is 222 Å². The number of halogens is 1. The molecule has 2 amide bonds. The van der Waals surface area contributed by atoms with Crippen molar-refractivity contribution >= 4 is 51.4 Å². The van der Waals surface area contributed by atoms with Crippen molar-refractivity contribution in [2.24, 2.45) is 0 Å². The van der Waals surface area contributed by atoms with E-state index >= 15 is 0 Å². The van der Waals surface area contributed by atoms with Gasteiger partial charge in [-0.3, -0.25) is 14.5 Å². The van der Waals surface area contributed by atoms with E-state index in [0.29, 0.717) is 33.6 Å². The third kappa shape index (κ3) is 4.75. The highest BCUT2D eigenvalue weighted by atomic mass is 35.5. The lowest BCUT2D eigenvalue weighted by molar-refractivity contribution is -0.123. The monoisotopic (exact) mass is 529 g/mol. The number of ether oxygens (including phenoxy) is 3. The average Bonchev–Trinajstić information content (AvgIpc) is 3.47. The first-order valence-corrected chi connectivity index (χ1v) is 12.8. The number of hydrogen-bond donors (Lipinski definition) is 0. The maximum atomic E-state index is 13.0. The Morgan fingerprint density at radius 3 is 2.51 bits per heavy atom. The maximum Gasteiger partial charge on any atom is 0.293 e. The topological polar surface area (TPSA) is 65.1 Å². The molecule has 4 aromatic carbocycles. The first-order valence-electron chi connectivity index (χ1n) is 11.6. The molecule has 2 aliphatic rings. The zero-order valence-electron chi connectivity index (χ0n) is 19.5. The average molecular weight is 530 g/mol. The SMILES string of the molecule is O=C1S/C(=C\c2ccc(OCc3cccc4ccccc34)cc2)C(=O)N1Cc1cc2c(cc1Cl)OCO2. The molecule has 0 bridgehead atoms. The van der Waals surface area contributed by atoms with Crippen LogP contribution in [0.2, 0.25) is 5.02 Å². The Morgan fingerprint density at radius 2 is 1.68 bits per heavy atom. The fourth-order valence-corrected chi connectivity index (χ4v) is 5.33. The molecule has 4 aromatic rings. The van der Waals surface area contributed by atoms with Gasteiger partial charge in [0.2, 0.25) is 6.79 Å². The van der Waals surface area contributed by atoms with Gasteiger partial charge >= 0.3 is 0 Å². The number of carbonyl (C=O) groups excluding carboxylic acids is 2. The number of carbonyl (C=O) groups is 2. The molecular formula is C29H20ClNO5S. The van der Waals surface area contributed by atoms with Crippen LogP contribution in [0.3, 0.4) is 0 Å². The van der Waals surface area contributed by atoms with Crippen LogP contribution in [0, 0.1) is 0 Å². The molecule has 0 spiro atoms. The summed E-state index contributed by atoms with van der Waals surface area (Å²) in [6.07, 6.45) is 1.71. The number of fused-ring (bicyclic) bond motifs is 2. The van der Waals surface area contributed by atoms with E-state index in [1.807, 2.05) is 42.5 Å². The van der Waals surface area contributed by atoms with E-state index < -0.39 is 0 Å². The van der Waals surface area contributed by atoms with E-state index in [0.717, 1.165) is 28.6 Å². The van der Waals surface area contributed by atoms with Crippen molar-refractivity contribution in [3.05, 3.63) is 105 Å². The molecule has 2 heterocycles. The molecule has 0 N–H and O–H groups in total. The number of amides is 2. The maximum absolute atomic E-state index is 13.0. The van der Waals surface area contributed by atoms with Gasteiger partial charge in [-0.2, -0.15) is 0 Å². The van der Waals surface area contributed by atoms with Gasteiger partial charge in [-0.1, -0.05) is 66.2 Å². The zero-order valence-corrected chi connectivity index (χ0v) is 21.1. The molecule has 2 aliphatic heterocycles. The Morgan fingerprint density at radius 1 is 0.919 bits per heavy atom. The van der Waals surface area contributed by atoms with Gasteiger partial charge in [0.15, 0.2) is 11.5 Å². The van der Waals surface area contributed by atoms with Crippen LogP contribution >= 0.6 is 23.4 Å². The number of hydrogen-bond acceptors (Lipinski definition) is 6. The lowest BCUT2D eigenvalue weighted by atomic mass is 10.1. The highest BCUT2D eigenvalue weighted by Gasteiger charge is 2.35. The second-order valence-corrected chi connectivity index (χ2v) is 9.96. The van der Waals surface area contributed by atoms with Gasteiger partial charge < -0.3 is 14.2 Å². The number of benzene rings is 4. The third-order valence-electron chi connectivity index (χ3n) is 6.20. The third-order valence-corrected chi connectivity index (χ3v) is 7.46. The molecule has 1 fully saturated rings. The van der Waals surface area contributed by atoms with Crippen LogP contribution in [0.25, 0.3) is 16.8 Å². The van der Waals surface area contributed by atoms with Gasteiger partial charge in [0.1, 0.15) is 12.4 Å². The molecule has 0 atom stereocenters. The number of nitrogens with zero attached hydrogens (tertiary/aromatic N) is 1. The molecule has 6 rings (SSSR count). The number of imide groups is 1. The summed E-state index contributed by atoms with van der Waals surface area (Å²) in [7, 11) is 0. The molecule has 0 aromatic heterocycles. The van der Waals surface area contributed by atoms with Gasteiger partial charge in [0.25, 0.3) is 11.1 Å². The van der Waals surface area contributed by atoms with Crippen LogP contribution in [-0.4, -0.2) is 22.8 Å². The summed E-state index contributed by atoms with van der Waals surface area (Å²) in [4.78, 5) is 27.1. The largest absolute Gasteiger partial charge is 0.489 e. The van der Waals surface area contributed by atoms with Gasteiger partial charge in [-0.05, 0) is 63.5 Å². The Balaban J connectivity index is 1.13. The minimum Gasteiger partial charge on any atom is -0.489 e. The zero-order chi connectivity index (χ0) is 25.4. The van der Waals surface area contributed by atoms with Crippen molar-refractivity contribution in [1.29, 1.82) is 0 Å². The van der Waals surface area contributed by atoms with Crippen LogP contribution in [0.5, 0.6) is 17.2 Å². The van der Waals surface area contributed by atoms with E-state index in [1.54, 1.807) is 18.2 Å². The van der Waals surface area contributed by atoms with E-state index in [-0.39, 0.29) is 24.5 Å². The van der Waals surface area contributed by atoms with Crippen molar-refractivity contribution in [3.63, 3.8) is 0 Å². The van der Waals surface area contributed by atoms with Crippen LogP contribution < -0.4 is 14.2 Å². The van der Waals surface area contributed by atoms with Crippen molar-refractivity contribution in [2.75, 3.05) is 6.79 Å². The normalized spacial score (nSPS) is 15.7. The molecule has 6 nitrogen and oxygen atoms in total. The minimum absolute atomic E-state index is 0.0540. The van der Waals surface area contributed by atoms with Crippen LogP contribution in [0.4, 0.5) is 4.79 Å². The predicted molar refractivity (Wildman–Crippen MR) is 144 cm³/mol. The highest BCUT2D eigenvalue weighted by Crippen LogP contribution is 2.39. The molecule has 0 saturated carbocycles. The molecule has 0 radical (unpaired) electrons. The fraction of sp³-hybridized carbons (Fsp3) is 0.103. The van der Waals surface area contributed by atoms with Crippen molar-refractivity contribution < 1.29 is 23.8 Å². The summed E-state index contributed by atoms with van der Waals surface area (Å²) < 4.78 is 16.7. The van der Waals surface area contributed by atoms with E-state index in [9.17, 15) is 9.59 Å². The standard InChI is InChI=1S/C29H20ClNO5S/c30-24-14-26-25(35-17-36-26)13-21(24)15-31-28(32)27(37-29(31)33)12-18-8-10-22(11-9-18)34-16-20-6-3-5-19-4-1-2-7-23(19)20/h1-14H,15-17H2/b27-12-. The minimum atomic E-state index is -0.361. The van der Waals surface area contributed by atoms with Gasteiger partial charge in [0, 0.05) is 11.1 Å². The Bertz CT molecular complexity index is 1560. The molecule has 1 saturated heterocycles. The van der Waals surface area contributed by atoms with Gasteiger partial charge in [0.05, 0.1) is 11.4 Å². The molecule has 184 valence electrons. The molecule has 0 unspecified atom stereocenters. The summed E-state index contributed by atoms with van der Waals surface area (Å²) in [6.45, 7) is 0.618. The lowest BCUT2D eigenvalue weighted by Gasteiger charge is -2.14. The molecule has 0 aliphatic carbocycles. The molecule has 8 heteroatoms. The summed E-state index contributed by atoms with van der Waals surface area (Å²) in [5.41, 5.74) is 2.52. The van der Waals surface area contributed by atoms with Crippen LogP contribution in [0.1, 0.15) is 16.7 Å². The second kappa shape index (κ2) is 9.84.